The smallest absolute Gasteiger partial charge is 0.0507 e. The van der Waals surface area contributed by atoms with Crippen molar-refractivity contribution in [3.63, 3.8) is 0 Å². The zero-order chi connectivity index (χ0) is 10.7. The van der Waals surface area contributed by atoms with Crippen LogP contribution in [0.2, 0.25) is 0 Å². The molecule has 74 valence electrons. The molecule has 0 amide bonds. The number of nitrogens with zero attached hydrogens (tertiary/aromatic N) is 1. The van der Waals surface area contributed by atoms with Crippen LogP contribution < -0.4 is 0 Å². The van der Waals surface area contributed by atoms with Crippen molar-refractivity contribution in [1.82, 2.24) is 4.98 Å². The number of rotatable bonds is 3. The molecule has 0 N–H and O–H groups in total. The average Bonchev–Trinajstić information content (AvgIpc) is 2.16. The molecule has 1 rings (SSSR count). The highest BCUT2D eigenvalue weighted by Gasteiger charge is 2.10. The molecule has 14 heavy (non-hydrogen) atoms. The lowest BCUT2D eigenvalue weighted by molar-refractivity contribution is 0.817. The molecule has 0 aliphatic rings. The van der Waals surface area contributed by atoms with Crippen LogP contribution in [-0.4, -0.2) is 4.98 Å². The second-order valence-electron chi connectivity index (χ2n) is 3.72. The topological polar surface area (TPSA) is 12.9 Å². The summed E-state index contributed by atoms with van der Waals surface area (Å²) < 4.78 is 0. The summed E-state index contributed by atoms with van der Waals surface area (Å²) in [4.78, 5) is 4.44. The van der Waals surface area contributed by atoms with Gasteiger partial charge >= 0.3 is 0 Å². The first-order chi connectivity index (χ1) is 6.61. The van der Waals surface area contributed by atoms with Gasteiger partial charge in [-0.3, -0.25) is 4.98 Å². The normalized spacial score (nSPS) is 10.3. The predicted molar refractivity (Wildman–Crippen MR) is 63.2 cm³/mol. The molecule has 0 spiro atoms. The fraction of sp³-hybridized carbons (Fsp3) is 0.308. The molecule has 1 heterocycles. The molecule has 0 aliphatic heterocycles. The summed E-state index contributed by atoms with van der Waals surface area (Å²) in [5, 5.41) is 0. The van der Waals surface area contributed by atoms with Gasteiger partial charge < -0.3 is 0 Å². The number of hydrogen-bond donors (Lipinski definition) is 0. The predicted octanol–water partition coefficient (Wildman–Crippen LogP) is 3.80. The summed E-state index contributed by atoms with van der Waals surface area (Å²) in [5.74, 6) is 0.419. The highest BCUT2D eigenvalue weighted by atomic mass is 14.7. The number of aromatic nitrogens is 1. The third-order valence-electron chi connectivity index (χ3n) is 2.34. The van der Waals surface area contributed by atoms with Crippen LogP contribution in [0.25, 0.3) is 12.2 Å². The molecular formula is C13H17N. The molecule has 1 aromatic heterocycles. The molecule has 1 nitrogen and oxygen atoms in total. The minimum Gasteiger partial charge on any atom is -0.260 e. The van der Waals surface area contributed by atoms with Crippen LogP contribution in [0.1, 0.15) is 42.1 Å². The third kappa shape index (κ3) is 1.77. The van der Waals surface area contributed by atoms with Gasteiger partial charge in [0, 0.05) is 11.8 Å². The molecule has 0 aliphatic carbocycles. The van der Waals surface area contributed by atoms with Crippen molar-refractivity contribution >= 4 is 12.2 Å². The molecule has 0 fully saturated rings. The maximum absolute atomic E-state index is 4.44. The van der Waals surface area contributed by atoms with Gasteiger partial charge in [0.1, 0.15) is 0 Å². The fourth-order valence-electron chi connectivity index (χ4n) is 1.60. The van der Waals surface area contributed by atoms with E-state index in [1.165, 1.54) is 0 Å². The first-order valence-corrected chi connectivity index (χ1v) is 4.86. The van der Waals surface area contributed by atoms with Gasteiger partial charge in [0.25, 0.3) is 0 Å². The molecule has 0 bridgehead atoms. The molecule has 0 radical (unpaired) electrons. The van der Waals surface area contributed by atoms with Gasteiger partial charge in [-0.05, 0) is 24.0 Å². The second-order valence-corrected chi connectivity index (χ2v) is 3.72. The zero-order valence-corrected chi connectivity index (χ0v) is 9.17. The van der Waals surface area contributed by atoms with E-state index >= 15 is 0 Å². The Labute approximate surface area is 86.2 Å². The van der Waals surface area contributed by atoms with Gasteiger partial charge in [-0.1, -0.05) is 39.2 Å². The maximum atomic E-state index is 4.44. The Morgan fingerprint density at radius 3 is 2.21 bits per heavy atom. The van der Waals surface area contributed by atoms with E-state index in [2.05, 4.69) is 32.0 Å². The van der Waals surface area contributed by atoms with E-state index in [1.807, 2.05) is 25.3 Å². The van der Waals surface area contributed by atoms with Crippen LogP contribution in [0.5, 0.6) is 0 Å². The lowest BCUT2D eigenvalue weighted by atomic mass is 9.96. The minimum absolute atomic E-state index is 0.419. The zero-order valence-electron chi connectivity index (χ0n) is 9.17. The molecule has 0 aromatic carbocycles. The van der Waals surface area contributed by atoms with E-state index in [4.69, 9.17) is 0 Å². The highest BCUT2D eigenvalue weighted by molar-refractivity contribution is 5.67. The summed E-state index contributed by atoms with van der Waals surface area (Å²) in [5.41, 5.74) is 4.52. The number of pyridine rings is 1. The Hall–Kier alpha value is -1.37. The summed E-state index contributed by atoms with van der Waals surface area (Å²) in [7, 11) is 0. The summed E-state index contributed by atoms with van der Waals surface area (Å²) >= 11 is 0. The van der Waals surface area contributed by atoms with Crippen LogP contribution in [0.15, 0.2) is 19.4 Å². The summed E-state index contributed by atoms with van der Waals surface area (Å²) in [6.07, 6.45) is 5.64. The first-order valence-electron chi connectivity index (χ1n) is 4.86. The second kappa shape index (κ2) is 4.23. The van der Waals surface area contributed by atoms with Crippen LogP contribution in [0.4, 0.5) is 0 Å². The van der Waals surface area contributed by atoms with E-state index in [-0.39, 0.29) is 0 Å². The van der Waals surface area contributed by atoms with Gasteiger partial charge in [0.15, 0.2) is 0 Å². The fourth-order valence-corrected chi connectivity index (χ4v) is 1.60. The van der Waals surface area contributed by atoms with E-state index in [1.54, 1.807) is 0 Å². The highest BCUT2D eigenvalue weighted by Crippen LogP contribution is 2.24. The van der Waals surface area contributed by atoms with E-state index in [0.717, 1.165) is 22.4 Å². The minimum atomic E-state index is 0.419. The van der Waals surface area contributed by atoms with Gasteiger partial charge in [0.2, 0.25) is 0 Å². The molecule has 0 unspecified atom stereocenters. The van der Waals surface area contributed by atoms with Crippen LogP contribution in [0.3, 0.4) is 0 Å². The third-order valence-corrected chi connectivity index (χ3v) is 2.34. The van der Waals surface area contributed by atoms with E-state index in [9.17, 15) is 0 Å². The molecule has 0 saturated heterocycles. The number of aryl methyl sites for hydroxylation is 1. The van der Waals surface area contributed by atoms with Crippen molar-refractivity contribution in [1.29, 1.82) is 0 Å². The Balaban J connectivity index is 3.48. The van der Waals surface area contributed by atoms with Crippen LogP contribution >= 0.6 is 0 Å². The van der Waals surface area contributed by atoms with Crippen molar-refractivity contribution in [2.45, 2.75) is 26.7 Å². The Morgan fingerprint density at radius 1 is 1.21 bits per heavy atom. The molecule has 1 heteroatoms. The lowest BCUT2D eigenvalue weighted by Crippen LogP contribution is -2.00. The monoisotopic (exact) mass is 187 g/mol. The standard InChI is InChI=1S/C13H17N/c1-6-11-10(5)8-14-13(9(3)4)12(11)7-2/h6-9H,1-2H2,3-5H3. The van der Waals surface area contributed by atoms with Gasteiger partial charge in [-0.25, -0.2) is 0 Å². The molecule has 0 atom stereocenters. The van der Waals surface area contributed by atoms with Gasteiger partial charge in [0.05, 0.1) is 5.69 Å². The molecule has 1 aromatic rings. The van der Waals surface area contributed by atoms with Gasteiger partial charge in [-0.15, -0.1) is 0 Å². The van der Waals surface area contributed by atoms with Gasteiger partial charge in [-0.2, -0.15) is 0 Å². The van der Waals surface area contributed by atoms with Crippen molar-refractivity contribution in [2.75, 3.05) is 0 Å². The Bertz CT molecular complexity index is 362. The number of hydrogen-bond acceptors (Lipinski definition) is 1. The van der Waals surface area contributed by atoms with Crippen molar-refractivity contribution < 1.29 is 0 Å². The summed E-state index contributed by atoms with van der Waals surface area (Å²) in [6, 6.07) is 0. The first kappa shape index (κ1) is 10.7. The van der Waals surface area contributed by atoms with Crippen LogP contribution in [-0.2, 0) is 0 Å². The average molecular weight is 187 g/mol. The largest absolute Gasteiger partial charge is 0.260 e. The van der Waals surface area contributed by atoms with Crippen LogP contribution in [0, 0.1) is 6.92 Å². The quantitative estimate of drug-likeness (QED) is 0.701. The molecule has 0 saturated carbocycles. The van der Waals surface area contributed by atoms with E-state index in [0.29, 0.717) is 5.92 Å². The lowest BCUT2D eigenvalue weighted by Gasteiger charge is -2.13. The van der Waals surface area contributed by atoms with E-state index < -0.39 is 0 Å². The van der Waals surface area contributed by atoms with Crippen molar-refractivity contribution in [2.24, 2.45) is 0 Å². The Kier molecular flexibility index (Phi) is 3.23. The SMILES string of the molecule is C=Cc1c(C)cnc(C(C)C)c1C=C. The Morgan fingerprint density at radius 2 is 1.79 bits per heavy atom. The summed E-state index contributed by atoms with van der Waals surface area (Å²) in [6.45, 7) is 14.0. The van der Waals surface area contributed by atoms with Crippen molar-refractivity contribution in [3.05, 3.63) is 41.7 Å². The molecular weight excluding hydrogens is 170 g/mol. The maximum Gasteiger partial charge on any atom is 0.0507 e. The van der Waals surface area contributed by atoms with Crippen molar-refractivity contribution in [3.8, 4) is 0 Å².